The summed E-state index contributed by atoms with van der Waals surface area (Å²) in [6, 6.07) is 4.86. The van der Waals surface area contributed by atoms with Crippen molar-refractivity contribution in [2.75, 3.05) is 0 Å². The summed E-state index contributed by atoms with van der Waals surface area (Å²) >= 11 is 0. The van der Waals surface area contributed by atoms with Crippen LogP contribution in [0.25, 0.3) is 11.3 Å². The molecule has 0 aliphatic carbocycles. The Hall–Kier alpha value is -2.31. The van der Waals surface area contributed by atoms with Gasteiger partial charge >= 0.3 is 5.97 Å². The van der Waals surface area contributed by atoms with Crippen molar-refractivity contribution in [3.8, 4) is 11.3 Å². The molecule has 0 unspecified atom stereocenters. The molecule has 0 saturated carbocycles. The van der Waals surface area contributed by atoms with Crippen LogP contribution < -0.4 is 0 Å². The Morgan fingerprint density at radius 3 is 2.53 bits per heavy atom. The molecule has 0 aliphatic heterocycles. The summed E-state index contributed by atoms with van der Waals surface area (Å²) in [6.07, 6.45) is -0.456. The molecule has 1 aromatic carbocycles. The molecule has 0 atom stereocenters. The van der Waals surface area contributed by atoms with Crippen LogP contribution >= 0.6 is 0 Å². The number of aliphatic carboxylic acids is 1. The number of halogens is 3. The summed E-state index contributed by atoms with van der Waals surface area (Å²) in [7, 11) is 0. The lowest BCUT2D eigenvalue weighted by Gasteiger charge is -2.14. The number of rotatable bonds is 4. The maximum Gasteiger partial charge on any atom is 0.309 e. The van der Waals surface area contributed by atoms with Gasteiger partial charge in [-0.25, -0.2) is 13.2 Å². The van der Waals surface area contributed by atoms with Crippen LogP contribution in [0.2, 0.25) is 0 Å². The molecular formula is C12H9F3N2O2. The van der Waals surface area contributed by atoms with Crippen LogP contribution in [0.5, 0.6) is 0 Å². The highest BCUT2D eigenvalue weighted by Gasteiger charge is 2.38. The van der Waals surface area contributed by atoms with Gasteiger partial charge < -0.3 is 5.11 Å². The molecule has 0 amide bonds. The predicted molar refractivity (Wildman–Crippen MR) is 60.1 cm³/mol. The van der Waals surface area contributed by atoms with Crippen LogP contribution in [0.15, 0.2) is 30.5 Å². The van der Waals surface area contributed by atoms with Crippen molar-refractivity contribution in [2.45, 2.75) is 12.3 Å². The van der Waals surface area contributed by atoms with Gasteiger partial charge in [-0.05, 0) is 24.3 Å². The molecule has 100 valence electrons. The minimum absolute atomic E-state index is 0.0220. The van der Waals surface area contributed by atoms with Crippen LogP contribution in [-0.2, 0) is 10.7 Å². The van der Waals surface area contributed by atoms with Crippen molar-refractivity contribution in [3.63, 3.8) is 0 Å². The Balaban J connectivity index is 2.42. The summed E-state index contributed by atoms with van der Waals surface area (Å²) in [5, 5.41) is 14.4. The van der Waals surface area contributed by atoms with Crippen LogP contribution in [0.4, 0.5) is 13.2 Å². The molecule has 7 heteroatoms. The SMILES string of the molecule is O=C(O)CC(F)(F)c1cn[nH]c1-c1ccc(F)cc1. The summed E-state index contributed by atoms with van der Waals surface area (Å²) in [5.41, 5.74) is -0.244. The number of nitrogens with zero attached hydrogens (tertiary/aromatic N) is 1. The lowest BCUT2D eigenvalue weighted by atomic mass is 10.0. The molecule has 4 nitrogen and oxygen atoms in total. The van der Waals surface area contributed by atoms with E-state index in [1.807, 2.05) is 0 Å². The Labute approximate surface area is 105 Å². The molecule has 2 N–H and O–H groups in total. The van der Waals surface area contributed by atoms with Gasteiger partial charge in [0, 0.05) is 5.56 Å². The first-order valence-electron chi connectivity index (χ1n) is 5.29. The quantitative estimate of drug-likeness (QED) is 0.897. The van der Waals surface area contributed by atoms with Crippen molar-refractivity contribution in [1.82, 2.24) is 10.2 Å². The number of hydrogen-bond donors (Lipinski definition) is 2. The maximum absolute atomic E-state index is 13.8. The van der Waals surface area contributed by atoms with E-state index < -0.39 is 29.7 Å². The molecule has 0 saturated heterocycles. The average molecular weight is 270 g/mol. The third-order valence-electron chi connectivity index (χ3n) is 2.54. The number of aromatic nitrogens is 2. The zero-order valence-corrected chi connectivity index (χ0v) is 9.53. The van der Waals surface area contributed by atoms with E-state index in [4.69, 9.17) is 5.11 Å². The number of H-pyrrole nitrogens is 1. The average Bonchev–Trinajstić information content (AvgIpc) is 2.78. The van der Waals surface area contributed by atoms with E-state index >= 15 is 0 Å². The van der Waals surface area contributed by atoms with E-state index in [0.717, 1.165) is 18.3 Å². The Morgan fingerprint density at radius 2 is 1.95 bits per heavy atom. The fourth-order valence-electron chi connectivity index (χ4n) is 1.69. The standard InChI is InChI=1S/C12H9F3N2O2/c13-8-3-1-7(2-4-8)11-9(6-16-17-11)12(14,15)5-10(18)19/h1-4,6H,5H2,(H,16,17)(H,18,19). The molecule has 1 aromatic heterocycles. The minimum Gasteiger partial charge on any atom is -0.481 e. The lowest BCUT2D eigenvalue weighted by molar-refractivity contribution is -0.145. The van der Waals surface area contributed by atoms with Crippen molar-refractivity contribution < 1.29 is 23.1 Å². The van der Waals surface area contributed by atoms with Gasteiger partial charge in [-0.15, -0.1) is 0 Å². The first-order valence-corrected chi connectivity index (χ1v) is 5.29. The van der Waals surface area contributed by atoms with Gasteiger partial charge in [0.15, 0.2) is 0 Å². The monoisotopic (exact) mass is 270 g/mol. The summed E-state index contributed by atoms with van der Waals surface area (Å²) in [6.45, 7) is 0. The van der Waals surface area contributed by atoms with E-state index in [-0.39, 0.29) is 5.69 Å². The van der Waals surface area contributed by atoms with Gasteiger partial charge in [0.25, 0.3) is 5.92 Å². The summed E-state index contributed by atoms with van der Waals surface area (Å²) < 4.78 is 40.3. The third-order valence-corrected chi connectivity index (χ3v) is 2.54. The predicted octanol–water partition coefficient (Wildman–Crippen LogP) is 2.78. The molecule has 1 heterocycles. The Kier molecular flexibility index (Phi) is 3.28. The van der Waals surface area contributed by atoms with Gasteiger partial charge in [0.1, 0.15) is 12.2 Å². The topological polar surface area (TPSA) is 66.0 Å². The number of carbonyl (C=O) groups is 1. The number of carboxylic acid groups (broad SMARTS) is 1. The van der Waals surface area contributed by atoms with Crippen LogP contribution in [0, 0.1) is 5.82 Å². The van der Waals surface area contributed by atoms with E-state index in [2.05, 4.69) is 10.2 Å². The minimum atomic E-state index is -3.55. The molecule has 2 aromatic rings. The van der Waals surface area contributed by atoms with Gasteiger partial charge in [0.2, 0.25) is 0 Å². The van der Waals surface area contributed by atoms with E-state index in [0.29, 0.717) is 5.56 Å². The van der Waals surface area contributed by atoms with Gasteiger partial charge in [-0.2, -0.15) is 5.10 Å². The van der Waals surface area contributed by atoms with Gasteiger partial charge in [-0.1, -0.05) is 0 Å². The highest BCUT2D eigenvalue weighted by Crippen LogP contribution is 2.37. The number of benzene rings is 1. The molecule has 0 spiro atoms. The molecule has 0 bridgehead atoms. The molecule has 0 radical (unpaired) electrons. The van der Waals surface area contributed by atoms with Crippen LogP contribution in [0.1, 0.15) is 12.0 Å². The van der Waals surface area contributed by atoms with Crippen molar-refractivity contribution >= 4 is 5.97 Å². The number of alkyl halides is 2. The molecule has 0 fully saturated rings. The summed E-state index contributed by atoms with van der Waals surface area (Å²) in [5.74, 6) is -5.67. The third kappa shape index (κ3) is 2.75. The molecule has 19 heavy (non-hydrogen) atoms. The normalized spacial score (nSPS) is 11.5. The fourth-order valence-corrected chi connectivity index (χ4v) is 1.69. The number of aromatic amines is 1. The highest BCUT2D eigenvalue weighted by molar-refractivity contribution is 5.70. The van der Waals surface area contributed by atoms with Crippen LogP contribution in [0.3, 0.4) is 0 Å². The molecular weight excluding hydrogens is 261 g/mol. The summed E-state index contributed by atoms with van der Waals surface area (Å²) in [4.78, 5) is 10.4. The zero-order chi connectivity index (χ0) is 14.0. The molecule has 2 rings (SSSR count). The second-order valence-electron chi connectivity index (χ2n) is 3.94. The smallest absolute Gasteiger partial charge is 0.309 e. The van der Waals surface area contributed by atoms with E-state index in [9.17, 15) is 18.0 Å². The largest absolute Gasteiger partial charge is 0.481 e. The number of hydrogen-bond acceptors (Lipinski definition) is 2. The van der Waals surface area contributed by atoms with E-state index in [1.165, 1.54) is 12.1 Å². The van der Waals surface area contributed by atoms with Crippen molar-refractivity contribution in [2.24, 2.45) is 0 Å². The van der Waals surface area contributed by atoms with Crippen molar-refractivity contribution in [1.29, 1.82) is 0 Å². The number of carboxylic acids is 1. The van der Waals surface area contributed by atoms with Crippen molar-refractivity contribution in [3.05, 3.63) is 41.8 Å². The lowest BCUT2D eigenvalue weighted by Crippen LogP contribution is -2.18. The Bertz CT molecular complexity index is 593. The highest BCUT2D eigenvalue weighted by atomic mass is 19.3. The first kappa shape index (κ1) is 13.1. The maximum atomic E-state index is 13.8. The second kappa shape index (κ2) is 4.75. The molecule has 0 aliphatic rings. The van der Waals surface area contributed by atoms with Crippen LogP contribution in [-0.4, -0.2) is 21.3 Å². The van der Waals surface area contributed by atoms with Gasteiger partial charge in [0.05, 0.1) is 17.5 Å². The zero-order valence-electron chi connectivity index (χ0n) is 9.53. The van der Waals surface area contributed by atoms with E-state index in [1.54, 1.807) is 0 Å². The Morgan fingerprint density at radius 1 is 1.32 bits per heavy atom. The number of nitrogens with one attached hydrogen (secondary N) is 1. The van der Waals surface area contributed by atoms with Gasteiger partial charge in [-0.3, -0.25) is 9.89 Å². The first-order chi connectivity index (χ1) is 8.90. The second-order valence-corrected chi connectivity index (χ2v) is 3.94. The fraction of sp³-hybridized carbons (Fsp3) is 0.167.